The van der Waals surface area contributed by atoms with E-state index in [4.69, 9.17) is 0 Å². The fraction of sp³-hybridized carbons (Fsp3) is 0.500. The topological polar surface area (TPSA) is 29.1 Å². The normalized spacial score (nSPS) is 17.5. The Kier molecular flexibility index (Phi) is 6.06. The van der Waals surface area contributed by atoms with Crippen molar-refractivity contribution >= 4 is 5.91 Å². The molecule has 0 atom stereocenters. The molecule has 0 saturated carbocycles. The molecule has 1 N–H and O–H groups in total. The molecular formula is C14H20F3NO. The van der Waals surface area contributed by atoms with Gasteiger partial charge in [0.1, 0.15) is 0 Å². The van der Waals surface area contributed by atoms with Gasteiger partial charge in [-0.15, -0.1) is 0 Å². The number of amides is 1. The van der Waals surface area contributed by atoms with Crippen molar-refractivity contribution in [3.05, 3.63) is 35.6 Å². The molecule has 1 rings (SSSR count). The predicted molar refractivity (Wildman–Crippen MR) is 70.3 cm³/mol. The van der Waals surface area contributed by atoms with Crippen molar-refractivity contribution in [3.63, 3.8) is 0 Å². The van der Waals surface area contributed by atoms with Gasteiger partial charge in [-0.2, -0.15) is 13.2 Å². The highest BCUT2D eigenvalue weighted by atomic mass is 19.4. The lowest BCUT2D eigenvalue weighted by Crippen LogP contribution is -2.36. The predicted octanol–water partition coefficient (Wildman–Crippen LogP) is 4.12. The van der Waals surface area contributed by atoms with E-state index in [1.807, 2.05) is 39.1 Å². The van der Waals surface area contributed by atoms with E-state index in [1.165, 1.54) is 6.08 Å². The van der Waals surface area contributed by atoms with Gasteiger partial charge in [0.05, 0.1) is 0 Å². The van der Waals surface area contributed by atoms with Crippen molar-refractivity contribution in [3.8, 4) is 0 Å². The summed E-state index contributed by atoms with van der Waals surface area (Å²) in [5.41, 5.74) is 0.539. The van der Waals surface area contributed by atoms with Gasteiger partial charge in [0, 0.05) is 11.1 Å². The van der Waals surface area contributed by atoms with Crippen LogP contribution in [0.25, 0.3) is 0 Å². The lowest BCUT2D eigenvalue weighted by Gasteiger charge is -2.16. The maximum atomic E-state index is 12.1. The van der Waals surface area contributed by atoms with Gasteiger partial charge in [0.15, 0.2) is 0 Å². The standard InChI is InChI=1S/C12H14F3NO.C2H6/c1-8-7-11(2,3)6-4-5-9(8)16-10(17)12(13,14)15;1-2/h4-7H,1-3H3,(H,16,17);1-2H3. The molecule has 0 unspecified atom stereocenters. The van der Waals surface area contributed by atoms with E-state index in [9.17, 15) is 18.0 Å². The second-order valence-corrected chi connectivity index (χ2v) is 4.54. The Bertz CT molecular complexity index is 415. The number of rotatable bonds is 1. The molecule has 0 radical (unpaired) electrons. The average molecular weight is 275 g/mol. The summed E-state index contributed by atoms with van der Waals surface area (Å²) in [6.07, 6.45) is 1.89. The summed E-state index contributed by atoms with van der Waals surface area (Å²) in [5, 5.41) is 1.86. The van der Waals surface area contributed by atoms with Crippen molar-refractivity contribution in [2.24, 2.45) is 5.41 Å². The van der Waals surface area contributed by atoms with Crippen LogP contribution in [-0.4, -0.2) is 12.1 Å². The van der Waals surface area contributed by atoms with Crippen molar-refractivity contribution in [2.75, 3.05) is 0 Å². The maximum absolute atomic E-state index is 12.1. The van der Waals surface area contributed by atoms with Gasteiger partial charge in [0.2, 0.25) is 0 Å². The Hall–Kier alpha value is -1.52. The Balaban J connectivity index is 0.00000154. The molecule has 0 spiro atoms. The number of hydrogen-bond donors (Lipinski definition) is 1. The monoisotopic (exact) mass is 275 g/mol. The summed E-state index contributed by atoms with van der Waals surface area (Å²) < 4.78 is 36.3. The number of carbonyl (C=O) groups is 1. The number of alkyl halides is 3. The zero-order chi connectivity index (χ0) is 15.3. The molecule has 1 aliphatic carbocycles. The van der Waals surface area contributed by atoms with E-state index in [2.05, 4.69) is 0 Å². The minimum atomic E-state index is -4.87. The van der Waals surface area contributed by atoms with Crippen molar-refractivity contribution < 1.29 is 18.0 Å². The summed E-state index contributed by atoms with van der Waals surface area (Å²) in [4.78, 5) is 10.8. The molecule has 0 heterocycles. The summed E-state index contributed by atoms with van der Waals surface area (Å²) >= 11 is 0. The highest BCUT2D eigenvalue weighted by Crippen LogP contribution is 2.26. The molecule has 0 aromatic carbocycles. The van der Waals surface area contributed by atoms with E-state index in [0.717, 1.165) is 0 Å². The third-order valence-corrected chi connectivity index (χ3v) is 2.31. The molecule has 0 fully saturated rings. The lowest BCUT2D eigenvalue weighted by molar-refractivity contribution is -0.172. The second-order valence-electron chi connectivity index (χ2n) is 4.54. The van der Waals surface area contributed by atoms with Crippen LogP contribution in [0.4, 0.5) is 13.2 Å². The van der Waals surface area contributed by atoms with E-state index in [0.29, 0.717) is 5.57 Å². The molecule has 0 aromatic rings. The van der Waals surface area contributed by atoms with E-state index < -0.39 is 12.1 Å². The highest BCUT2D eigenvalue weighted by Gasteiger charge is 2.39. The lowest BCUT2D eigenvalue weighted by atomic mass is 9.91. The quantitative estimate of drug-likeness (QED) is 0.766. The van der Waals surface area contributed by atoms with Gasteiger partial charge in [-0.3, -0.25) is 4.79 Å². The van der Waals surface area contributed by atoms with E-state index in [-0.39, 0.29) is 11.1 Å². The summed E-state index contributed by atoms with van der Waals surface area (Å²) in [5.74, 6) is -1.95. The number of nitrogens with one attached hydrogen (secondary N) is 1. The molecular weight excluding hydrogens is 255 g/mol. The molecule has 108 valence electrons. The second kappa shape index (κ2) is 6.59. The first-order chi connectivity index (χ1) is 8.62. The molecule has 1 amide bonds. The minimum absolute atomic E-state index is 0.175. The number of allylic oxidation sites excluding steroid dienone is 5. The largest absolute Gasteiger partial charge is 0.471 e. The van der Waals surface area contributed by atoms with Gasteiger partial charge in [-0.05, 0) is 18.6 Å². The summed E-state index contributed by atoms with van der Waals surface area (Å²) in [6.45, 7) is 9.52. The van der Waals surface area contributed by atoms with Crippen LogP contribution >= 0.6 is 0 Å². The Morgan fingerprint density at radius 3 is 2.26 bits per heavy atom. The Morgan fingerprint density at radius 2 is 1.79 bits per heavy atom. The zero-order valence-corrected chi connectivity index (χ0v) is 11.9. The zero-order valence-electron chi connectivity index (χ0n) is 11.9. The highest BCUT2D eigenvalue weighted by molar-refractivity contribution is 5.84. The van der Waals surface area contributed by atoms with Crippen molar-refractivity contribution in [1.82, 2.24) is 5.32 Å². The SMILES string of the molecule is CC.CC1=CC(C)(C)C=CC=C1NC(=O)C(F)(F)F. The first kappa shape index (κ1) is 17.5. The maximum Gasteiger partial charge on any atom is 0.471 e. The molecule has 0 aromatic heterocycles. The molecule has 19 heavy (non-hydrogen) atoms. The first-order valence-electron chi connectivity index (χ1n) is 6.09. The molecule has 5 heteroatoms. The van der Waals surface area contributed by atoms with Crippen molar-refractivity contribution in [1.29, 1.82) is 0 Å². The van der Waals surface area contributed by atoms with Crippen LogP contribution in [0.15, 0.2) is 35.6 Å². The first-order valence-corrected chi connectivity index (χ1v) is 6.09. The summed E-state index contributed by atoms with van der Waals surface area (Å²) in [7, 11) is 0. The van der Waals surface area contributed by atoms with Gasteiger partial charge in [-0.25, -0.2) is 0 Å². The van der Waals surface area contributed by atoms with Crippen molar-refractivity contribution in [2.45, 2.75) is 40.8 Å². The molecule has 0 saturated heterocycles. The van der Waals surface area contributed by atoms with Crippen LogP contribution < -0.4 is 5.32 Å². The number of carbonyl (C=O) groups excluding carboxylic acids is 1. The number of hydrogen-bond acceptors (Lipinski definition) is 1. The molecule has 1 aliphatic rings. The third kappa shape index (κ3) is 5.77. The van der Waals surface area contributed by atoms with Crippen LogP contribution in [0.1, 0.15) is 34.6 Å². The van der Waals surface area contributed by atoms with Crippen LogP contribution in [0.3, 0.4) is 0 Å². The fourth-order valence-electron chi connectivity index (χ4n) is 1.54. The number of halogens is 3. The van der Waals surface area contributed by atoms with E-state index >= 15 is 0 Å². The molecule has 0 bridgehead atoms. The van der Waals surface area contributed by atoms with Gasteiger partial charge >= 0.3 is 12.1 Å². The van der Waals surface area contributed by atoms with E-state index in [1.54, 1.807) is 19.1 Å². The molecule has 0 aliphatic heterocycles. The molecule has 2 nitrogen and oxygen atoms in total. The van der Waals surface area contributed by atoms with Crippen LogP contribution in [0.5, 0.6) is 0 Å². The third-order valence-electron chi connectivity index (χ3n) is 2.31. The van der Waals surface area contributed by atoms with Crippen LogP contribution in [-0.2, 0) is 4.79 Å². The Labute approximate surface area is 112 Å². The van der Waals surface area contributed by atoms with Gasteiger partial charge in [0.25, 0.3) is 0 Å². The van der Waals surface area contributed by atoms with Crippen LogP contribution in [0.2, 0.25) is 0 Å². The minimum Gasteiger partial charge on any atom is -0.318 e. The Morgan fingerprint density at radius 1 is 1.26 bits per heavy atom. The fourth-order valence-corrected chi connectivity index (χ4v) is 1.54. The smallest absolute Gasteiger partial charge is 0.318 e. The summed E-state index contributed by atoms with van der Waals surface area (Å²) in [6, 6.07) is 0. The van der Waals surface area contributed by atoms with Crippen LogP contribution in [0, 0.1) is 5.41 Å². The van der Waals surface area contributed by atoms with Gasteiger partial charge in [-0.1, -0.05) is 45.9 Å². The van der Waals surface area contributed by atoms with Gasteiger partial charge < -0.3 is 5.32 Å². The average Bonchev–Trinajstić information content (AvgIpc) is 2.39.